The molecule has 0 atom stereocenters. The van der Waals surface area contributed by atoms with Gasteiger partial charge < -0.3 is 4.74 Å². The van der Waals surface area contributed by atoms with Gasteiger partial charge in [-0.2, -0.15) is 4.98 Å². The zero-order valence-corrected chi connectivity index (χ0v) is 11.0. The highest BCUT2D eigenvalue weighted by Gasteiger charge is 2.04. The number of halogens is 1. The van der Waals surface area contributed by atoms with Gasteiger partial charge in [0, 0.05) is 18.7 Å². The van der Waals surface area contributed by atoms with E-state index in [-0.39, 0.29) is 0 Å². The minimum absolute atomic E-state index is 0.531. The summed E-state index contributed by atoms with van der Waals surface area (Å²) < 4.78 is 6.33. The summed E-state index contributed by atoms with van der Waals surface area (Å²) in [5.74, 6) is 1.98. The van der Waals surface area contributed by atoms with Crippen LogP contribution < -0.4 is 4.74 Å². The van der Waals surface area contributed by atoms with Crippen LogP contribution in [0.25, 0.3) is 0 Å². The van der Waals surface area contributed by atoms with Crippen LogP contribution >= 0.6 is 15.9 Å². The minimum Gasteiger partial charge on any atom is -0.437 e. The second kappa shape index (κ2) is 5.72. The first-order chi connectivity index (χ1) is 8.28. The van der Waals surface area contributed by atoms with Gasteiger partial charge in [-0.25, -0.2) is 4.98 Å². The van der Waals surface area contributed by atoms with Crippen LogP contribution in [0.15, 0.2) is 35.2 Å². The van der Waals surface area contributed by atoms with Crippen molar-refractivity contribution in [2.75, 3.05) is 0 Å². The molecule has 0 aliphatic carbocycles. The van der Waals surface area contributed by atoms with Gasteiger partial charge in [0.1, 0.15) is 16.2 Å². The van der Waals surface area contributed by atoms with Crippen LogP contribution in [0.2, 0.25) is 0 Å². The molecule has 0 aromatic carbocycles. The number of nitrogens with zero attached hydrogens (tertiary/aromatic N) is 3. The maximum absolute atomic E-state index is 5.60. The largest absolute Gasteiger partial charge is 0.437 e. The van der Waals surface area contributed by atoms with Crippen molar-refractivity contribution >= 4 is 15.9 Å². The molecule has 0 aliphatic rings. The van der Waals surface area contributed by atoms with E-state index in [0.717, 1.165) is 23.3 Å². The van der Waals surface area contributed by atoms with Crippen molar-refractivity contribution in [2.45, 2.75) is 19.8 Å². The molecule has 2 aromatic heterocycles. The maximum Gasteiger partial charge on any atom is 0.223 e. The fraction of sp³-hybridized carbons (Fsp3) is 0.250. The molecule has 0 N–H and O–H groups in total. The Morgan fingerprint density at radius 3 is 2.94 bits per heavy atom. The first-order valence-corrected chi connectivity index (χ1v) is 6.18. The predicted molar refractivity (Wildman–Crippen MR) is 68.0 cm³/mol. The number of rotatable bonds is 4. The van der Waals surface area contributed by atoms with Crippen LogP contribution in [0, 0.1) is 0 Å². The molecule has 4 nitrogen and oxygen atoms in total. The quantitative estimate of drug-likeness (QED) is 0.811. The van der Waals surface area contributed by atoms with Gasteiger partial charge in [0.05, 0.1) is 6.20 Å². The van der Waals surface area contributed by atoms with Gasteiger partial charge in [-0.15, -0.1) is 0 Å². The zero-order valence-electron chi connectivity index (χ0n) is 9.43. The molecule has 2 heterocycles. The van der Waals surface area contributed by atoms with Crippen LogP contribution in [-0.4, -0.2) is 15.0 Å². The molecule has 88 valence electrons. The van der Waals surface area contributed by atoms with Gasteiger partial charge in [0.15, 0.2) is 0 Å². The lowest BCUT2D eigenvalue weighted by atomic mass is 10.3. The molecule has 5 heteroatoms. The molecule has 2 rings (SSSR count). The Balaban J connectivity index is 2.21. The van der Waals surface area contributed by atoms with Gasteiger partial charge >= 0.3 is 0 Å². The van der Waals surface area contributed by atoms with Crippen LogP contribution in [0.1, 0.15) is 19.2 Å². The van der Waals surface area contributed by atoms with Gasteiger partial charge in [0.25, 0.3) is 0 Å². The number of pyridine rings is 1. The van der Waals surface area contributed by atoms with Crippen molar-refractivity contribution in [1.82, 2.24) is 15.0 Å². The van der Waals surface area contributed by atoms with Crippen molar-refractivity contribution in [2.24, 2.45) is 0 Å². The van der Waals surface area contributed by atoms with E-state index >= 15 is 0 Å². The molecule has 2 aromatic rings. The van der Waals surface area contributed by atoms with Crippen LogP contribution in [0.5, 0.6) is 11.6 Å². The molecule has 0 amide bonds. The Morgan fingerprint density at radius 2 is 2.24 bits per heavy atom. The molecule has 0 unspecified atom stereocenters. The standard InChI is InChI=1S/C12H12BrN3O/c1-2-4-11-15-10(13)7-12(16-11)17-9-5-3-6-14-8-9/h3,5-8H,2,4H2,1H3. The second-order valence-electron chi connectivity index (χ2n) is 3.49. The number of aryl methyl sites for hydroxylation is 1. The van der Waals surface area contributed by atoms with E-state index in [9.17, 15) is 0 Å². The third-order valence-electron chi connectivity index (χ3n) is 2.05. The summed E-state index contributed by atoms with van der Waals surface area (Å²) in [7, 11) is 0. The molecule has 0 bridgehead atoms. The Kier molecular flexibility index (Phi) is 4.03. The van der Waals surface area contributed by atoms with Crippen molar-refractivity contribution in [1.29, 1.82) is 0 Å². The summed E-state index contributed by atoms with van der Waals surface area (Å²) >= 11 is 3.35. The second-order valence-corrected chi connectivity index (χ2v) is 4.30. The van der Waals surface area contributed by atoms with Gasteiger partial charge in [-0.05, 0) is 34.5 Å². The third-order valence-corrected chi connectivity index (χ3v) is 2.45. The average Bonchev–Trinajstić information content (AvgIpc) is 2.30. The molecule has 0 fully saturated rings. The van der Waals surface area contributed by atoms with E-state index in [1.807, 2.05) is 12.1 Å². The third kappa shape index (κ3) is 3.49. The topological polar surface area (TPSA) is 47.9 Å². The van der Waals surface area contributed by atoms with Crippen LogP contribution in [-0.2, 0) is 6.42 Å². The van der Waals surface area contributed by atoms with Gasteiger partial charge in [-0.3, -0.25) is 4.98 Å². The smallest absolute Gasteiger partial charge is 0.223 e. The Labute approximate surface area is 108 Å². The Bertz CT molecular complexity index is 490. The SMILES string of the molecule is CCCc1nc(Br)cc(Oc2cccnc2)n1. The minimum atomic E-state index is 0.531. The molecule has 0 radical (unpaired) electrons. The summed E-state index contributed by atoms with van der Waals surface area (Å²) in [5.41, 5.74) is 0. The highest BCUT2D eigenvalue weighted by molar-refractivity contribution is 9.10. The highest BCUT2D eigenvalue weighted by atomic mass is 79.9. The summed E-state index contributed by atoms with van der Waals surface area (Å²) in [6.45, 7) is 2.09. The Morgan fingerprint density at radius 1 is 1.35 bits per heavy atom. The lowest BCUT2D eigenvalue weighted by Crippen LogP contribution is -1.97. The summed E-state index contributed by atoms with van der Waals surface area (Å²) in [6, 6.07) is 5.40. The Hall–Kier alpha value is -1.49. The van der Waals surface area contributed by atoms with E-state index in [2.05, 4.69) is 37.8 Å². The highest BCUT2D eigenvalue weighted by Crippen LogP contribution is 2.21. The fourth-order valence-corrected chi connectivity index (χ4v) is 1.76. The predicted octanol–water partition coefficient (Wildman–Crippen LogP) is 3.38. The van der Waals surface area contributed by atoms with Crippen molar-refractivity contribution in [3.63, 3.8) is 0 Å². The van der Waals surface area contributed by atoms with Crippen LogP contribution in [0.3, 0.4) is 0 Å². The fourth-order valence-electron chi connectivity index (χ4n) is 1.36. The van der Waals surface area contributed by atoms with E-state index in [1.165, 1.54) is 0 Å². The first kappa shape index (κ1) is 12.0. The van der Waals surface area contributed by atoms with Crippen LogP contribution in [0.4, 0.5) is 0 Å². The van der Waals surface area contributed by atoms with E-state index in [4.69, 9.17) is 4.74 Å². The summed E-state index contributed by atoms with van der Waals surface area (Å²) in [6.07, 6.45) is 5.19. The van der Waals surface area contributed by atoms with E-state index < -0.39 is 0 Å². The number of hydrogen-bond acceptors (Lipinski definition) is 4. The molecule has 0 saturated carbocycles. The first-order valence-electron chi connectivity index (χ1n) is 5.39. The van der Waals surface area contributed by atoms with Crippen molar-refractivity contribution < 1.29 is 4.74 Å². The molecule has 17 heavy (non-hydrogen) atoms. The molecule has 0 spiro atoms. The molecular weight excluding hydrogens is 282 g/mol. The number of hydrogen-bond donors (Lipinski definition) is 0. The van der Waals surface area contributed by atoms with E-state index in [0.29, 0.717) is 11.6 Å². The molecule has 0 aliphatic heterocycles. The summed E-state index contributed by atoms with van der Waals surface area (Å²) in [5, 5.41) is 0. The maximum atomic E-state index is 5.60. The van der Waals surface area contributed by atoms with Crippen molar-refractivity contribution in [3.8, 4) is 11.6 Å². The normalized spacial score (nSPS) is 10.2. The number of ether oxygens (including phenoxy) is 1. The average molecular weight is 294 g/mol. The molecular formula is C12H12BrN3O. The monoisotopic (exact) mass is 293 g/mol. The molecule has 0 saturated heterocycles. The number of aromatic nitrogens is 3. The van der Waals surface area contributed by atoms with Crippen molar-refractivity contribution in [3.05, 3.63) is 41.0 Å². The lowest BCUT2D eigenvalue weighted by molar-refractivity contribution is 0.455. The zero-order chi connectivity index (χ0) is 12.1. The summed E-state index contributed by atoms with van der Waals surface area (Å²) in [4.78, 5) is 12.6. The van der Waals surface area contributed by atoms with E-state index in [1.54, 1.807) is 18.5 Å². The lowest BCUT2D eigenvalue weighted by Gasteiger charge is -2.06. The van der Waals surface area contributed by atoms with Gasteiger partial charge in [-0.1, -0.05) is 6.92 Å². The van der Waals surface area contributed by atoms with Gasteiger partial charge in [0.2, 0.25) is 5.88 Å².